The van der Waals surface area contributed by atoms with Crippen molar-refractivity contribution in [2.75, 3.05) is 6.61 Å². The third kappa shape index (κ3) is 2.62. The molecule has 1 aromatic carbocycles. The number of carbonyl (C=O) groups excluding carboxylic acids is 1. The van der Waals surface area contributed by atoms with E-state index in [2.05, 4.69) is 16.0 Å². The predicted octanol–water partition coefficient (Wildman–Crippen LogP) is 0.965. The van der Waals surface area contributed by atoms with E-state index in [1.54, 1.807) is 0 Å². The largest absolute Gasteiger partial charge is 0.449 e. The SMILES string of the molecule is C#CCOC(=O)c1ccc(-n2cncn2)c([N+](=O)[O-])c1. The molecule has 100 valence electrons. The highest BCUT2D eigenvalue weighted by Gasteiger charge is 2.19. The van der Waals surface area contributed by atoms with Crippen LogP contribution in [0.25, 0.3) is 5.69 Å². The summed E-state index contributed by atoms with van der Waals surface area (Å²) in [5, 5.41) is 14.9. The number of nitrogens with zero attached hydrogens (tertiary/aromatic N) is 4. The van der Waals surface area contributed by atoms with E-state index in [9.17, 15) is 14.9 Å². The number of hydrogen-bond donors (Lipinski definition) is 0. The molecule has 0 amide bonds. The van der Waals surface area contributed by atoms with E-state index in [0.29, 0.717) is 0 Å². The minimum absolute atomic E-state index is 0.0378. The van der Waals surface area contributed by atoms with Crippen LogP contribution in [0.4, 0.5) is 5.69 Å². The van der Waals surface area contributed by atoms with Crippen molar-refractivity contribution in [3.05, 3.63) is 46.5 Å². The maximum Gasteiger partial charge on any atom is 0.339 e. The lowest BCUT2D eigenvalue weighted by molar-refractivity contribution is -0.384. The molecular weight excluding hydrogens is 264 g/mol. The van der Waals surface area contributed by atoms with Crippen molar-refractivity contribution in [2.45, 2.75) is 0 Å². The standard InChI is InChI=1S/C12H8N4O4/c1-2-5-20-12(17)9-3-4-10(11(6-9)16(18)19)15-8-13-7-14-15/h1,3-4,6-8H,5H2. The Morgan fingerprint density at radius 1 is 1.55 bits per heavy atom. The van der Waals surface area contributed by atoms with Gasteiger partial charge in [-0.1, -0.05) is 5.92 Å². The fourth-order valence-corrected chi connectivity index (χ4v) is 1.51. The highest BCUT2D eigenvalue weighted by Crippen LogP contribution is 2.23. The molecule has 20 heavy (non-hydrogen) atoms. The van der Waals surface area contributed by atoms with Crippen LogP contribution in [-0.2, 0) is 4.74 Å². The Kier molecular flexibility index (Phi) is 3.72. The zero-order valence-corrected chi connectivity index (χ0v) is 10.1. The van der Waals surface area contributed by atoms with Crippen LogP contribution in [0, 0.1) is 22.5 Å². The molecule has 0 bridgehead atoms. The number of rotatable bonds is 4. The van der Waals surface area contributed by atoms with Crippen LogP contribution in [0.3, 0.4) is 0 Å². The lowest BCUT2D eigenvalue weighted by Gasteiger charge is -2.05. The van der Waals surface area contributed by atoms with E-state index < -0.39 is 10.9 Å². The molecule has 1 heterocycles. The molecule has 0 aliphatic heterocycles. The summed E-state index contributed by atoms with van der Waals surface area (Å²) in [6, 6.07) is 3.89. The second kappa shape index (κ2) is 5.62. The van der Waals surface area contributed by atoms with Gasteiger partial charge in [0, 0.05) is 6.07 Å². The normalized spacial score (nSPS) is 9.75. The Morgan fingerprint density at radius 3 is 2.95 bits per heavy atom. The second-order valence-corrected chi connectivity index (χ2v) is 3.58. The van der Waals surface area contributed by atoms with Crippen molar-refractivity contribution in [2.24, 2.45) is 0 Å². The molecule has 8 nitrogen and oxygen atoms in total. The summed E-state index contributed by atoms with van der Waals surface area (Å²) in [5.41, 5.74) is -0.0533. The molecule has 0 unspecified atom stereocenters. The number of ether oxygens (including phenoxy) is 1. The van der Waals surface area contributed by atoms with Crippen molar-refractivity contribution < 1.29 is 14.5 Å². The van der Waals surface area contributed by atoms with Crippen molar-refractivity contribution in [1.29, 1.82) is 0 Å². The average Bonchev–Trinajstić information content (AvgIpc) is 2.98. The van der Waals surface area contributed by atoms with Gasteiger partial charge < -0.3 is 4.74 Å². The molecule has 0 N–H and O–H groups in total. The van der Waals surface area contributed by atoms with Gasteiger partial charge in [0.25, 0.3) is 5.69 Å². The molecule has 8 heteroatoms. The van der Waals surface area contributed by atoms with Crippen molar-refractivity contribution >= 4 is 11.7 Å². The number of terminal acetylenes is 1. The zero-order chi connectivity index (χ0) is 14.5. The topological polar surface area (TPSA) is 100 Å². The van der Waals surface area contributed by atoms with E-state index in [-0.39, 0.29) is 23.5 Å². The van der Waals surface area contributed by atoms with E-state index >= 15 is 0 Å². The maximum absolute atomic E-state index is 11.6. The van der Waals surface area contributed by atoms with Crippen LogP contribution in [0.15, 0.2) is 30.9 Å². The van der Waals surface area contributed by atoms with Gasteiger partial charge in [0.05, 0.1) is 10.5 Å². The van der Waals surface area contributed by atoms with E-state index in [1.165, 1.54) is 29.5 Å². The van der Waals surface area contributed by atoms with Crippen LogP contribution in [-0.4, -0.2) is 32.3 Å². The molecule has 0 saturated carbocycles. The van der Waals surface area contributed by atoms with E-state index in [1.807, 2.05) is 0 Å². The number of benzene rings is 1. The summed E-state index contributed by atoms with van der Waals surface area (Å²) in [6.45, 7) is -0.197. The second-order valence-electron chi connectivity index (χ2n) is 3.58. The van der Waals surface area contributed by atoms with E-state index in [4.69, 9.17) is 11.2 Å². The lowest BCUT2D eigenvalue weighted by atomic mass is 10.1. The highest BCUT2D eigenvalue weighted by molar-refractivity contribution is 5.90. The smallest absolute Gasteiger partial charge is 0.339 e. The summed E-state index contributed by atoms with van der Waals surface area (Å²) >= 11 is 0. The summed E-state index contributed by atoms with van der Waals surface area (Å²) in [4.78, 5) is 25.8. The molecule has 1 aromatic heterocycles. The first-order valence-electron chi connectivity index (χ1n) is 5.37. The van der Waals surface area contributed by atoms with Crippen LogP contribution in [0.5, 0.6) is 0 Å². The van der Waals surface area contributed by atoms with Crippen LogP contribution < -0.4 is 0 Å². The Labute approximate surface area is 113 Å². The van der Waals surface area contributed by atoms with Crippen LogP contribution >= 0.6 is 0 Å². The van der Waals surface area contributed by atoms with Gasteiger partial charge in [-0.15, -0.1) is 6.42 Å². The van der Waals surface area contributed by atoms with Gasteiger partial charge in [-0.25, -0.2) is 14.5 Å². The Balaban J connectivity index is 2.41. The first-order valence-corrected chi connectivity index (χ1v) is 5.37. The number of aromatic nitrogens is 3. The quantitative estimate of drug-likeness (QED) is 0.356. The molecule has 0 aliphatic carbocycles. The number of hydrogen-bond acceptors (Lipinski definition) is 6. The summed E-state index contributed by atoms with van der Waals surface area (Å²) < 4.78 is 5.94. The number of esters is 1. The molecule has 0 saturated heterocycles. The minimum Gasteiger partial charge on any atom is -0.449 e. The molecule has 0 fully saturated rings. The van der Waals surface area contributed by atoms with Gasteiger partial charge in [0.2, 0.25) is 0 Å². The van der Waals surface area contributed by atoms with Gasteiger partial charge in [-0.05, 0) is 12.1 Å². The third-order valence-corrected chi connectivity index (χ3v) is 2.36. The number of nitro benzene ring substituents is 1. The molecule has 0 atom stereocenters. The van der Waals surface area contributed by atoms with E-state index in [0.717, 1.165) is 6.07 Å². The fraction of sp³-hybridized carbons (Fsp3) is 0.0833. The molecule has 2 aromatic rings. The first-order chi connectivity index (χ1) is 9.63. The van der Waals surface area contributed by atoms with Crippen LogP contribution in [0.2, 0.25) is 0 Å². The maximum atomic E-state index is 11.6. The highest BCUT2D eigenvalue weighted by atomic mass is 16.6. The fourth-order valence-electron chi connectivity index (χ4n) is 1.51. The van der Waals surface area contributed by atoms with Crippen LogP contribution in [0.1, 0.15) is 10.4 Å². The zero-order valence-electron chi connectivity index (χ0n) is 10.1. The Hall–Kier alpha value is -3.21. The Bertz CT molecular complexity index is 688. The molecule has 0 aliphatic rings. The van der Waals surface area contributed by atoms with Gasteiger partial charge in [0.15, 0.2) is 6.61 Å². The predicted molar refractivity (Wildman–Crippen MR) is 67.1 cm³/mol. The molecule has 0 spiro atoms. The molecule has 2 rings (SSSR count). The van der Waals surface area contributed by atoms with Gasteiger partial charge in [-0.2, -0.15) is 5.10 Å². The summed E-state index contributed by atoms with van der Waals surface area (Å²) in [6.07, 6.45) is 7.53. The Morgan fingerprint density at radius 2 is 2.35 bits per heavy atom. The van der Waals surface area contributed by atoms with Gasteiger partial charge in [0.1, 0.15) is 18.3 Å². The first kappa shape index (κ1) is 13.2. The molecule has 0 radical (unpaired) electrons. The van der Waals surface area contributed by atoms with Crippen molar-refractivity contribution in [3.8, 4) is 18.0 Å². The van der Waals surface area contributed by atoms with Crippen molar-refractivity contribution in [1.82, 2.24) is 14.8 Å². The summed E-state index contributed by atoms with van der Waals surface area (Å²) in [5.74, 6) is 1.41. The average molecular weight is 272 g/mol. The molecular formula is C12H8N4O4. The van der Waals surface area contributed by atoms with Crippen molar-refractivity contribution in [3.63, 3.8) is 0 Å². The lowest BCUT2D eigenvalue weighted by Crippen LogP contribution is -2.08. The number of nitro groups is 1. The summed E-state index contributed by atoms with van der Waals surface area (Å²) in [7, 11) is 0. The third-order valence-electron chi connectivity index (χ3n) is 2.36. The monoisotopic (exact) mass is 272 g/mol. The van der Waals surface area contributed by atoms with Gasteiger partial charge >= 0.3 is 5.97 Å². The number of carbonyl (C=O) groups is 1. The van der Waals surface area contributed by atoms with Gasteiger partial charge in [-0.3, -0.25) is 10.1 Å². The minimum atomic E-state index is -0.726.